The minimum absolute atomic E-state index is 0.00420. The van der Waals surface area contributed by atoms with Crippen LogP contribution in [0.25, 0.3) is 22.4 Å². The first kappa shape index (κ1) is 17.0. The monoisotopic (exact) mass is 364 g/mol. The highest BCUT2D eigenvalue weighted by molar-refractivity contribution is 5.95. The molecule has 0 spiro atoms. The second-order valence-corrected chi connectivity index (χ2v) is 6.28. The molecule has 1 amide bonds. The van der Waals surface area contributed by atoms with Crippen LogP contribution < -0.4 is 5.32 Å². The lowest BCUT2D eigenvalue weighted by molar-refractivity contribution is -0.116. The van der Waals surface area contributed by atoms with Gasteiger partial charge >= 0.3 is 0 Å². The number of hydrogen-bond acceptors (Lipinski definition) is 4. The van der Waals surface area contributed by atoms with Crippen LogP contribution in [0, 0.1) is 19.7 Å². The minimum Gasteiger partial charge on any atom is -0.464 e. The summed E-state index contributed by atoms with van der Waals surface area (Å²) >= 11 is 0. The Hall–Kier alpha value is -3.48. The molecule has 0 saturated heterocycles. The van der Waals surface area contributed by atoms with Gasteiger partial charge in [-0.25, -0.2) is 14.1 Å². The van der Waals surface area contributed by atoms with Gasteiger partial charge < -0.3 is 9.73 Å². The number of halogens is 1. The molecule has 3 aromatic heterocycles. The predicted octanol–water partition coefficient (Wildman–Crippen LogP) is 4.09. The highest BCUT2D eigenvalue weighted by Gasteiger charge is 2.17. The van der Waals surface area contributed by atoms with E-state index in [1.54, 1.807) is 30.1 Å². The van der Waals surface area contributed by atoms with Crippen molar-refractivity contribution in [3.8, 4) is 11.3 Å². The fourth-order valence-electron chi connectivity index (χ4n) is 3.12. The molecule has 0 unspecified atom stereocenters. The quantitative estimate of drug-likeness (QED) is 0.592. The van der Waals surface area contributed by atoms with E-state index in [-0.39, 0.29) is 18.3 Å². The molecule has 1 aromatic carbocycles. The molecule has 0 bridgehead atoms. The summed E-state index contributed by atoms with van der Waals surface area (Å²) < 4.78 is 20.3. The van der Waals surface area contributed by atoms with Crippen LogP contribution >= 0.6 is 0 Å². The van der Waals surface area contributed by atoms with Crippen LogP contribution in [0.5, 0.6) is 0 Å². The number of nitrogens with zero attached hydrogens (tertiary/aromatic N) is 3. The molecule has 0 fully saturated rings. The van der Waals surface area contributed by atoms with Crippen molar-refractivity contribution in [2.24, 2.45) is 0 Å². The molecule has 0 aliphatic carbocycles. The van der Waals surface area contributed by atoms with Crippen LogP contribution in [0.4, 0.5) is 10.1 Å². The van der Waals surface area contributed by atoms with E-state index in [0.717, 1.165) is 22.4 Å². The lowest BCUT2D eigenvalue weighted by Crippen LogP contribution is -2.20. The van der Waals surface area contributed by atoms with Gasteiger partial charge in [0.05, 0.1) is 17.3 Å². The molecule has 0 saturated carbocycles. The van der Waals surface area contributed by atoms with E-state index < -0.39 is 0 Å². The molecule has 0 aliphatic heterocycles. The van der Waals surface area contributed by atoms with E-state index in [9.17, 15) is 9.18 Å². The third-order valence-corrected chi connectivity index (χ3v) is 4.35. The van der Waals surface area contributed by atoms with Gasteiger partial charge in [-0.15, -0.1) is 0 Å². The molecule has 27 heavy (non-hydrogen) atoms. The molecule has 7 heteroatoms. The second kappa shape index (κ2) is 6.68. The van der Waals surface area contributed by atoms with Crippen molar-refractivity contribution in [2.45, 2.75) is 20.4 Å². The summed E-state index contributed by atoms with van der Waals surface area (Å²) in [6, 6.07) is 9.79. The van der Waals surface area contributed by atoms with Gasteiger partial charge in [0.2, 0.25) is 5.91 Å². The fourth-order valence-corrected chi connectivity index (χ4v) is 3.12. The SMILES string of the molecule is Cc1cc(F)ccc1NC(=O)Cn1nc(C)c2c(-c3ccco3)ccnc21. The lowest BCUT2D eigenvalue weighted by atomic mass is 10.1. The summed E-state index contributed by atoms with van der Waals surface area (Å²) in [7, 11) is 0. The molecule has 0 aliphatic rings. The maximum Gasteiger partial charge on any atom is 0.246 e. The Morgan fingerprint density at radius 1 is 1.26 bits per heavy atom. The number of aromatic nitrogens is 3. The second-order valence-electron chi connectivity index (χ2n) is 6.28. The van der Waals surface area contributed by atoms with Gasteiger partial charge in [-0.2, -0.15) is 5.10 Å². The smallest absolute Gasteiger partial charge is 0.246 e. The first-order valence-electron chi connectivity index (χ1n) is 8.45. The van der Waals surface area contributed by atoms with Crippen molar-refractivity contribution in [1.29, 1.82) is 0 Å². The van der Waals surface area contributed by atoms with E-state index in [1.807, 2.05) is 25.1 Å². The molecule has 6 nitrogen and oxygen atoms in total. The number of carbonyl (C=O) groups excluding carboxylic acids is 1. The van der Waals surface area contributed by atoms with E-state index in [1.165, 1.54) is 12.1 Å². The third-order valence-electron chi connectivity index (χ3n) is 4.35. The first-order valence-corrected chi connectivity index (χ1v) is 8.45. The number of pyridine rings is 1. The van der Waals surface area contributed by atoms with E-state index in [4.69, 9.17) is 4.42 Å². The van der Waals surface area contributed by atoms with Gasteiger partial charge in [-0.3, -0.25) is 4.79 Å². The van der Waals surface area contributed by atoms with Crippen molar-refractivity contribution >= 4 is 22.6 Å². The lowest BCUT2D eigenvalue weighted by Gasteiger charge is -2.09. The zero-order valence-corrected chi connectivity index (χ0v) is 14.9. The van der Waals surface area contributed by atoms with Crippen LogP contribution in [0.2, 0.25) is 0 Å². The molecule has 0 radical (unpaired) electrons. The third kappa shape index (κ3) is 3.19. The van der Waals surface area contributed by atoms with Gasteiger partial charge in [0.1, 0.15) is 18.1 Å². The topological polar surface area (TPSA) is 73.0 Å². The molecule has 4 aromatic rings. The maximum absolute atomic E-state index is 13.2. The number of furan rings is 1. The Morgan fingerprint density at radius 3 is 2.85 bits per heavy atom. The van der Waals surface area contributed by atoms with Gasteiger partial charge in [-0.1, -0.05) is 0 Å². The van der Waals surface area contributed by atoms with Gasteiger partial charge in [0.25, 0.3) is 0 Å². The Balaban J connectivity index is 1.65. The van der Waals surface area contributed by atoms with Crippen LogP contribution in [0.3, 0.4) is 0 Å². The van der Waals surface area contributed by atoms with Gasteiger partial charge in [0.15, 0.2) is 5.65 Å². The molecule has 4 rings (SSSR count). The number of aryl methyl sites for hydroxylation is 2. The molecule has 3 heterocycles. The van der Waals surface area contributed by atoms with E-state index in [0.29, 0.717) is 16.9 Å². The van der Waals surface area contributed by atoms with Crippen molar-refractivity contribution in [1.82, 2.24) is 14.8 Å². The zero-order valence-electron chi connectivity index (χ0n) is 14.9. The first-order chi connectivity index (χ1) is 13.0. The van der Waals surface area contributed by atoms with Crippen LogP contribution in [0.15, 0.2) is 53.3 Å². The summed E-state index contributed by atoms with van der Waals surface area (Å²) in [4.78, 5) is 16.9. The minimum atomic E-state index is -0.339. The summed E-state index contributed by atoms with van der Waals surface area (Å²) in [6.07, 6.45) is 3.28. The van der Waals surface area contributed by atoms with E-state index in [2.05, 4.69) is 15.4 Å². The zero-order chi connectivity index (χ0) is 19.0. The Morgan fingerprint density at radius 2 is 2.11 bits per heavy atom. The number of hydrogen-bond donors (Lipinski definition) is 1. The number of anilines is 1. The number of amides is 1. The summed E-state index contributed by atoms with van der Waals surface area (Å²) in [5.41, 5.74) is 3.47. The maximum atomic E-state index is 13.2. The number of carbonyl (C=O) groups is 1. The summed E-state index contributed by atoms with van der Waals surface area (Å²) in [5.74, 6) is 0.115. The van der Waals surface area contributed by atoms with Crippen molar-refractivity contribution in [2.75, 3.05) is 5.32 Å². The summed E-state index contributed by atoms with van der Waals surface area (Å²) in [5, 5.41) is 8.10. The fraction of sp³-hybridized carbons (Fsp3) is 0.150. The van der Waals surface area contributed by atoms with Crippen LogP contribution in [-0.4, -0.2) is 20.7 Å². The van der Waals surface area contributed by atoms with Crippen molar-refractivity contribution in [3.63, 3.8) is 0 Å². The number of rotatable bonds is 4. The molecule has 1 N–H and O–H groups in total. The molecule has 0 atom stereocenters. The van der Waals surface area contributed by atoms with Crippen molar-refractivity contribution < 1.29 is 13.6 Å². The summed E-state index contributed by atoms with van der Waals surface area (Å²) in [6.45, 7) is 3.61. The Labute approximate surface area is 154 Å². The van der Waals surface area contributed by atoms with E-state index >= 15 is 0 Å². The van der Waals surface area contributed by atoms with Crippen molar-refractivity contribution in [3.05, 3.63) is 65.9 Å². The molecule has 136 valence electrons. The number of nitrogens with one attached hydrogen (secondary N) is 1. The Kier molecular flexibility index (Phi) is 4.19. The van der Waals surface area contributed by atoms with Crippen LogP contribution in [-0.2, 0) is 11.3 Å². The average Bonchev–Trinajstić information content (AvgIpc) is 3.27. The standard InChI is InChI=1S/C20H17FN4O2/c1-12-10-14(21)5-6-16(12)23-18(26)11-25-20-19(13(2)24-25)15(7-8-22-20)17-4-3-9-27-17/h3-10H,11H2,1-2H3,(H,23,26). The number of fused-ring (bicyclic) bond motifs is 1. The highest BCUT2D eigenvalue weighted by atomic mass is 19.1. The normalized spacial score (nSPS) is 11.1. The average molecular weight is 364 g/mol. The largest absolute Gasteiger partial charge is 0.464 e. The predicted molar refractivity (Wildman–Crippen MR) is 99.7 cm³/mol. The van der Waals surface area contributed by atoms with Gasteiger partial charge in [-0.05, 0) is 55.8 Å². The molecular weight excluding hydrogens is 347 g/mol. The molecular formula is C20H17FN4O2. The van der Waals surface area contributed by atoms with Crippen LogP contribution in [0.1, 0.15) is 11.3 Å². The van der Waals surface area contributed by atoms with Gasteiger partial charge in [0, 0.05) is 17.4 Å². The number of benzene rings is 1. The Bertz CT molecular complexity index is 1130. The highest BCUT2D eigenvalue weighted by Crippen LogP contribution is 2.30.